The van der Waals surface area contributed by atoms with Gasteiger partial charge in [-0.3, -0.25) is 9.59 Å². The van der Waals surface area contributed by atoms with E-state index < -0.39 is 6.04 Å². The van der Waals surface area contributed by atoms with Crippen LogP contribution in [0.1, 0.15) is 37.0 Å². The summed E-state index contributed by atoms with van der Waals surface area (Å²) in [6.45, 7) is 4.21. The molecule has 2 unspecified atom stereocenters. The fraction of sp³-hybridized carbons (Fsp3) is 0.310. The van der Waals surface area contributed by atoms with E-state index in [2.05, 4.69) is 5.32 Å². The molecule has 0 spiro atoms. The Morgan fingerprint density at radius 2 is 1.62 bits per heavy atom. The highest BCUT2D eigenvalue weighted by atomic mass is 35.5. The summed E-state index contributed by atoms with van der Waals surface area (Å²) >= 11 is 20.0. The van der Waals surface area contributed by atoms with Crippen molar-refractivity contribution in [3.63, 3.8) is 0 Å². The van der Waals surface area contributed by atoms with E-state index in [9.17, 15) is 9.59 Å². The van der Waals surface area contributed by atoms with Gasteiger partial charge in [0.25, 0.3) is 0 Å². The Labute approximate surface area is 238 Å². The minimum atomic E-state index is -0.690. The van der Waals surface area contributed by atoms with Crippen LogP contribution in [0.5, 0.6) is 0 Å². The molecule has 0 aliphatic carbocycles. The summed E-state index contributed by atoms with van der Waals surface area (Å²) in [5.41, 5.74) is 2.82. The molecule has 3 aromatic carbocycles. The molecule has 4 nitrogen and oxygen atoms in total. The zero-order chi connectivity index (χ0) is 26.8. The van der Waals surface area contributed by atoms with Gasteiger partial charge in [0.2, 0.25) is 11.8 Å². The van der Waals surface area contributed by atoms with Crippen LogP contribution in [0, 0.1) is 0 Å². The Kier molecular flexibility index (Phi) is 11.7. The van der Waals surface area contributed by atoms with Crippen molar-refractivity contribution in [1.29, 1.82) is 0 Å². The lowest BCUT2D eigenvalue weighted by Crippen LogP contribution is -2.52. The van der Waals surface area contributed by atoms with E-state index in [0.717, 1.165) is 23.1 Å². The molecule has 37 heavy (non-hydrogen) atoms. The summed E-state index contributed by atoms with van der Waals surface area (Å²) in [7, 11) is 0. The molecule has 0 aliphatic heterocycles. The van der Waals surface area contributed by atoms with Crippen LogP contribution in [-0.2, 0) is 28.3 Å². The minimum Gasteiger partial charge on any atom is -0.352 e. The smallest absolute Gasteiger partial charge is 0.243 e. The Morgan fingerprint density at radius 1 is 0.892 bits per heavy atom. The first-order valence-corrected chi connectivity index (χ1v) is 14.5. The van der Waals surface area contributed by atoms with Crippen LogP contribution in [0.15, 0.2) is 72.8 Å². The molecule has 0 heterocycles. The van der Waals surface area contributed by atoms with Crippen LogP contribution >= 0.6 is 46.6 Å². The number of carbonyl (C=O) groups is 2. The second-order valence-corrected chi connectivity index (χ2v) is 11.2. The van der Waals surface area contributed by atoms with Gasteiger partial charge in [-0.1, -0.05) is 90.3 Å². The number of thioether (sulfide) groups is 1. The quantitative estimate of drug-likeness (QED) is 0.243. The molecule has 0 radical (unpaired) electrons. The molecule has 0 fully saturated rings. The second kappa shape index (κ2) is 14.7. The Hall–Kier alpha value is -2.18. The maximum absolute atomic E-state index is 13.7. The maximum atomic E-state index is 13.7. The molecule has 0 saturated heterocycles. The fourth-order valence-corrected chi connectivity index (χ4v) is 5.19. The molecule has 0 aliphatic rings. The number of benzene rings is 3. The number of amides is 2. The average Bonchev–Trinajstić information content (AvgIpc) is 2.88. The topological polar surface area (TPSA) is 49.4 Å². The fourth-order valence-electron chi connectivity index (χ4n) is 3.80. The largest absolute Gasteiger partial charge is 0.352 e. The molecule has 1 N–H and O–H groups in total. The first kappa shape index (κ1) is 29.4. The van der Waals surface area contributed by atoms with Crippen molar-refractivity contribution < 1.29 is 9.59 Å². The van der Waals surface area contributed by atoms with Crippen LogP contribution in [0.3, 0.4) is 0 Å². The number of rotatable bonds is 12. The summed E-state index contributed by atoms with van der Waals surface area (Å²) in [6.07, 6.45) is 1.19. The zero-order valence-electron chi connectivity index (χ0n) is 20.9. The molecule has 3 aromatic rings. The second-order valence-electron chi connectivity index (χ2n) is 8.92. The number of hydrogen-bond donors (Lipinski definition) is 1. The molecule has 196 valence electrons. The molecule has 0 bridgehead atoms. The van der Waals surface area contributed by atoms with Crippen molar-refractivity contribution in [2.24, 2.45) is 0 Å². The van der Waals surface area contributed by atoms with E-state index in [4.69, 9.17) is 34.8 Å². The lowest BCUT2D eigenvalue weighted by atomic mass is 10.0. The van der Waals surface area contributed by atoms with Crippen molar-refractivity contribution in [2.75, 3.05) is 5.75 Å². The number of carbonyl (C=O) groups excluding carboxylic acids is 2. The molecular formula is C29H31Cl3N2O2S. The number of hydrogen-bond acceptors (Lipinski definition) is 3. The Bertz CT molecular complexity index is 1190. The van der Waals surface area contributed by atoms with Gasteiger partial charge in [-0.15, -0.1) is 11.8 Å². The highest BCUT2D eigenvalue weighted by Crippen LogP contribution is 2.25. The molecule has 2 amide bonds. The standard InChI is InChI=1S/C29H31Cl3N2O2S/c1-3-20(2)33-29(36)27(16-21-8-5-4-6-9-21)34(17-22-12-13-25(31)26(32)15-22)28(35)19-37-18-23-10-7-11-24(30)14-23/h4-15,20,27H,3,16-19H2,1-2H3,(H,33,36). The third-order valence-electron chi connectivity index (χ3n) is 5.99. The summed E-state index contributed by atoms with van der Waals surface area (Å²) < 4.78 is 0. The molecule has 3 rings (SSSR count). The molecule has 0 aromatic heterocycles. The molecule has 2 atom stereocenters. The van der Waals surface area contributed by atoms with Crippen LogP contribution in [0.25, 0.3) is 0 Å². The van der Waals surface area contributed by atoms with Crippen molar-refractivity contribution >= 4 is 58.4 Å². The molecular weight excluding hydrogens is 547 g/mol. The van der Waals surface area contributed by atoms with Crippen molar-refractivity contribution in [3.8, 4) is 0 Å². The Balaban J connectivity index is 1.88. The van der Waals surface area contributed by atoms with E-state index in [1.807, 2.05) is 74.5 Å². The van der Waals surface area contributed by atoms with Gasteiger partial charge in [-0.25, -0.2) is 0 Å². The van der Waals surface area contributed by atoms with E-state index in [1.54, 1.807) is 17.0 Å². The first-order chi connectivity index (χ1) is 17.8. The number of nitrogens with one attached hydrogen (secondary N) is 1. The summed E-state index contributed by atoms with van der Waals surface area (Å²) in [4.78, 5) is 28.9. The van der Waals surface area contributed by atoms with Crippen molar-refractivity contribution in [3.05, 3.63) is 105 Å². The maximum Gasteiger partial charge on any atom is 0.243 e. The van der Waals surface area contributed by atoms with Crippen molar-refractivity contribution in [1.82, 2.24) is 10.2 Å². The van der Waals surface area contributed by atoms with Crippen LogP contribution in [0.2, 0.25) is 15.1 Å². The van der Waals surface area contributed by atoms with Crippen LogP contribution < -0.4 is 5.32 Å². The summed E-state index contributed by atoms with van der Waals surface area (Å²) in [5.74, 6) is 0.551. The monoisotopic (exact) mass is 576 g/mol. The molecule has 8 heteroatoms. The number of halogens is 3. The van der Waals surface area contributed by atoms with Gasteiger partial charge in [0, 0.05) is 29.8 Å². The highest BCUT2D eigenvalue weighted by molar-refractivity contribution is 7.99. The average molecular weight is 578 g/mol. The predicted molar refractivity (Wildman–Crippen MR) is 156 cm³/mol. The van der Waals surface area contributed by atoms with Gasteiger partial charge in [0.05, 0.1) is 15.8 Å². The van der Waals surface area contributed by atoms with E-state index in [0.29, 0.717) is 27.2 Å². The Morgan fingerprint density at radius 3 is 2.30 bits per heavy atom. The summed E-state index contributed by atoms with van der Waals surface area (Å²) in [5, 5.41) is 4.59. The number of nitrogens with zero attached hydrogens (tertiary/aromatic N) is 1. The minimum absolute atomic E-state index is 0.00935. The van der Waals surface area contributed by atoms with Crippen LogP contribution in [-0.4, -0.2) is 34.6 Å². The highest BCUT2D eigenvalue weighted by Gasteiger charge is 2.31. The van der Waals surface area contributed by atoms with Gasteiger partial charge in [-0.2, -0.15) is 0 Å². The SMILES string of the molecule is CCC(C)NC(=O)C(Cc1ccccc1)N(Cc1ccc(Cl)c(Cl)c1)C(=O)CSCc1cccc(Cl)c1. The molecule has 0 saturated carbocycles. The normalized spacial score (nSPS) is 12.6. The van der Waals surface area contributed by atoms with E-state index in [1.165, 1.54) is 11.8 Å². The van der Waals surface area contributed by atoms with Crippen LogP contribution in [0.4, 0.5) is 0 Å². The van der Waals surface area contributed by atoms with Crippen molar-refractivity contribution in [2.45, 2.75) is 51.1 Å². The lowest BCUT2D eigenvalue weighted by molar-refractivity contribution is -0.139. The predicted octanol–water partition coefficient (Wildman–Crippen LogP) is 7.43. The van der Waals surface area contributed by atoms with Gasteiger partial charge < -0.3 is 10.2 Å². The van der Waals surface area contributed by atoms with Gasteiger partial charge in [0.1, 0.15) is 6.04 Å². The van der Waals surface area contributed by atoms with Gasteiger partial charge >= 0.3 is 0 Å². The van der Waals surface area contributed by atoms with Gasteiger partial charge in [0.15, 0.2) is 0 Å². The lowest BCUT2D eigenvalue weighted by Gasteiger charge is -2.32. The third-order valence-corrected chi connectivity index (χ3v) is 7.96. The van der Waals surface area contributed by atoms with Gasteiger partial charge in [-0.05, 0) is 54.3 Å². The van der Waals surface area contributed by atoms with E-state index >= 15 is 0 Å². The summed E-state index contributed by atoms with van der Waals surface area (Å²) in [6, 6.07) is 21.9. The van der Waals surface area contributed by atoms with E-state index in [-0.39, 0.29) is 30.2 Å². The third kappa shape index (κ3) is 9.26. The zero-order valence-corrected chi connectivity index (χ0v) is 24.0. The first-order valence-electron chi connectivity index (χ1n) is 12.2.